The molecule has 0 atom stereocenters. The van der Waals surface area contributed by atoms with E-state index in [0.29, 0.717) is 6.42 Å². The fraction of sp³-hybridized carbons (Fsp3) is 0.476. The second-order valence-corrected chi connectivity index (χ2v) is 7.06. The Labute approximate surface area is 161 Å². The lowest BCUT2D eigenvalue weighted by atomic mass is 10.1. The minimum atomic E-state index is 0.0650. The van der Waals surface area contributed by atoms with Gasteiger partial charge in [0, 0.05) is 37.0 Å². The first-order chi connectivity index (χ1) is 13.1. The summed E-state index contributed by atoms with van der Waals surface area (Å²) in [6.45, 7) is 6.12. The molecule has 27 heavy (non-hydrogen) atoms. The lowest BCUT2D eigenvalue weighted by molar-refractivity contribution is -0.116. The first-order valence-corrected chi connectivity index (χ1v) is 9.91. The van der Waals surface area contributed by atoms with Crippen molar-refractivity contribution >= 4 is 28.9 Å². The van der Waals surface area contributed by atoms with Crippen LogP contribution in [-0.2, 0) is 4.79 Å². The van der Waals surface area contributed by atoms with Crippen LogP contribution in [0.5, 0.6) is 0 Å². The van der Waals surface area contributed by atoms with E-state index < -0.39 is 0 Å². The lowest BCUT2D eigenvalue weighted by Gasteiger charge is -2.28. The number of nitrogens with zero attached hydrogens (tertiary/aromatic N) is 3. The molecule has 2 aromatic rings. The highest BCUT2D eigenvalue weighted by atomic mass is 16.1. The third kappa shape index (κ3) is 5.67. The number of carbonyl (C=O) groups excluding carboxylic acids is 1. The zero-order valence-corrected chi connectivity index (χ0v) is 16.3. The monoisotopic (exact) mass is 367 g/mol. The van der Waals surface area contributed by atoms with E-state index in [1.807, 2.05) is 37.3 Å². The summed E-state index contributed by atoms with van der Waals surface area (Å²) in [4.78, 5) is 23.3. The number of aryl methyl sites for hydroxylation is 1. The summed E-state index contributed by atoms with van der Waals surface area (Å²) in [5.74, 6) is 2.61. The normalized spacial score (nSPS) is 14.1. The molecule has 0 radical (unpaired) electrons. The number of nitrogens with one attached hydrogen (secondary N) is 2. The van der Waals surface area contributed by atoms with Crippen molar-refractivity contribution in [1.82, 2.24) is 9.97 Å². The van der Waals surface area contributed by atoms with Gasteiger partial charge in [-0.15, -0.1) is 0 Å². The smallest absolute Gasteiger partial charge is 0.224 e. The number of benzene rings is 1. The number of aromatic nitrogens is 2. The Kier molecular flexibility index (Phi) is 6.63. The van der Waals surface area contributed by atoms with Crippen molar-refractivity contribution in [3.63, 3.8) is 0 Å². The molecule has 0 saturated carbocycles. The van der Waals surface area contributed by atoms with E-state index in [1.165, 1.54) is 19.3 Å². The van der Waals surface area contributed by atoms with Crippen LogP contribution in [0.2, 0.25) is 0 Å². The van der Waals surface area contributed by atoms with Crippen molar-refractivity contribution in [2.45, 2.75) is 52.4 Å². The van der Waals surface area contributed by atoms with Gasteiger partial charge < -0.3 is 15.5 Å². The maximum Gasteiger partial charge on any atom is 0.224 e. The fourth-order valence-corrected chi connectivity index (χ4v) is 3.25. The van der Waals surface area contributed by atoms with Crippen LogP contribution in [0.25, 0.3) is 0 Å². The Morgan fingerprint density at radius 1 is 1.07 bits per heavy atom. The molecule has 1 fully saturated rings. The number of rotatable bonds is 7. The van der Waals surface area contributed by atoms with E-state index in [-0.39, 0.29) is 5.91 Å². The Hall–Kier alpha value is -2.63. The van der Waals surface area contributed by atoms with Crippen molar-refractivity contribution < 1.29 is 4.79 Å². The van der Waals surface area contributed by atoms with Gasteiger partial charge in [-0.05, 0) is 56.9 Å². The SMILES string of the molecule is CCCCC(=O)Nc1ccc(Nc2cc(N3CCCCC3)nc(C)n2)cc1. The molecule has 6 nitrogen and oxygen atoms in total. The first kappa shape index (κ1) is 19.1. The minimum Gasteiger partial charge on any atom is -0.356 e. The van der Waals surface area contributed by atoms with Gasteiger partial charge in [-0.3, -0.25) is 4.79 Å². The molecule has 0 bridgehead atoms. The van der Waals surface area contributed by atoms with Crippen LogP contribution in [-0.4, -0.2) is 29.0 Å². The topological polar surface area (TPSA) is 70.2 Å². The summed E-state index contributed by atoms with van der Waals surface area (Å²) in [5.41, 5.74) is 1.75. The van der Waals surface area contributed by atoms with Crippen molar-refractivity contribution in [2.75, 3.05) is 28.6 Å². The molecule has 0 unspecified atom stereocenters. The number of hydrogen-bond acceptors (Lipinski definition) is 5. The third-order valence-corrected chi connectivity index (χ3v) is 4.70. The average Bonchev–Trinajstić information content (AvgIpc) is 2.68. The Balaban J connectivity index is 1.64. The summed E-state index contributed by atoms with van der Waals surface area (Å²) in [6.07, 6.45) is 6.24. The molecule has 1 amide bonds. The van der Waals surface area contributed by atoms with Gasteiger partial charge in [0.05, 0.1) is 0 Å². The molecular weight excluding hydrogens is 338 g/mol. The molecule has 0 aliphatic carbocycles. The maximum absolute atomic E-state index is 11.8. The van der Waals surface area contributed by atoms with E-state index in [1.54, 1.807) is 0 Å². The van der Waals surface area contributed by atoms with Crippen molar-refractivity contribution in [3.05, 3.63) is 36.2 Å². The summed E-state index contributed by atoms with van der Waals surface area (Å²) in [5, 5.41) is 6.28. The van der Waals surface area contributed by atoms with Gasteiger partial charge in [-0.25, -0.2) is 9.97 Å². The Morgan fingerprint density at radius 3 is 2.48 bits per heavy atom. The zero-order chi connectivity index (χ0) is 19.1. The van der Waals surface area contributed by atoms with Crippen LogP contribution in [0.3, 0.4) is 0 Å². The largest absolute Gasteiger partial charge is 0.356 e. The van der Waals surface area contributed by atoms with E-state index in [0.717, 1.165) is 54.8 Å². The van der Waals surface area contributed by atoms with E-state index >= 15 is 0 Å². The van der Waals surface area contributed by atoms with Crippen LogP contribution in [0, 0.1) is 6.92 Å². The Morgan fingerprint density at radius 2 is 1.78 bits per heavy atom. The van der Waals surface area contributed by atoms with Gasteiger partial charge in [0.25, 0.3) is 0 Å². The fourth-order valence-electron chi connectivity index (χ4n) is 3.25. The molecule has 1 aromatic carbocycles. The van der Waals surface area contributed by atoms with E-state index in [2.05, 4.69) is 32.4 Å². The molecule has 0 spiro atoms. The van der Waals surface area contributed by atoms with Gasteiger partial charge in [-0.1, -0.05) is 13.3 Å². The number of unbranched alkanes of at least 4 members (excludes halogenated alkanes) is 1. The standard InChI is InChI=1S/C21H29N5O/c1-3-4-8-21(27)25-18-11-9-17(10-12-18)24-19-15-20(23-16(2)22-19)26-13-6-5-7-14-26/h9-12,15H,3-8,13-14H2,1-2H3,(H,25,27)(H,22,23,24). The molecule has 2 N–H and O–H groups in total. The van der Waals surface area contributed by atoms with Gasteiger partial charge in [-0.2, -0.15) is 0 Å². The first-order valence-electron chi connectivity index (χ1n) is 9.91. The van der Waals surface area contributed by atoms with E-state index in [9.17, 15) is 4.79 Å². The number of piperidine rings is 1. The van der Waals surface area contributed by atoms with Crippen molar-refractivity contribution in [3.8, 4) is 0 Å². The van der Waals surface area contributed by atoms with Crippen LogP contribution in [0.1, 0.15) is 51.3 Å². The maximum atomic E-state index is 11.8. The second-order valence-electron chi connectivity index (χ2n) is 7.06. The predicted molar refractivity (Wildman–Crippen MR) is 111 cm³/mol. The van der Waals surface area contributed by atoms with Crippen LogP contribution >= 0.6 is 0 Å². The molecule has 1 aliphatic rings. The molecule has 2 heterocycles. The predicted octanol–water partition coefficient (Wildman–Crippen LogP) is 4.65. The van der Waals surface area contributed by atoms with Gasteiger partial charge >= 0.3 is 0 Å². The van der Waals surface area contributed by atoms with Crippen LogP contribution in [0.15, 0.2) is 30.3 Å². The summed E-state index contributed by atoms with van der Waals surface area (Å²) >= 11 is 0. The third-order valence-electron chi connectivity index (χ3n) is 4.70. The second kappa shape index (κ2) is 9.35. The highest BCUT2D eigenvalue weighted by Crippen LogP contribution is 2.23. The van der Waals surface area contributed by atoms with E-state index in [4.69, 9.17) is 0 Å². The molecular formula is C21H29N5O. The molecule has 1 saturated heterocycles. The molecule has 3 rings (SSSR count). The van der Waals surface area contributed by atoms with Crippen LogP contribution < -0.4 is 15.5 Å². The molecule has 1 aliphatic heterocycles. The number of carbonyl (C=O) groups is 1. The van der Waals surface area contributed by atoms with Crippen LogP contribution in [0.4, 0.5) is 23.0 Å². The summed E-state index contributed by atoms with van der Waals surface area (Å²) in [7, 11) is 0. The average molecular weight is 367 g/mol. The highest BCUT2D eigenvalue weighted by Gasteiger charge is 2.14. The van der Waals surface area contributed by atoms with Gasteiger partial charge in [0.2, 0.25) is 5.91 Å². The zero-order valence-electron chi connectivity index (χ0n) is 16.3. The van der Waals surface area contributed by atoms with Crippen molar-refractivity contribution in [1.29, 1.82) is 0 Å². The minimum absolute atomic E-state index is 0.0650. The molecule has 6 heteroatoms. The number of anilines is 4. The van der Waals surface area contributed by atoms with Gasteiger partial charge in [0.1, 0.15) is 17.5 Å². The van der Waals surface area contributed by atoms with Crippen molar-refractivity contribution in [2.24, 2.45) is 0 Å². The summed E-state index contributed by atoms with van der Waals surface area (Å²) in [6, 6.07) is 9.73. The lowest BCUT2D eigenvalue weighted by Crippen LogP contribution is -2.30. The Bertz CT molecular complexity index is 754. The molecule has 144 valence electrons. The summed E-state index contributed by atoms with van der Waals surface area (Å²) < 4.78 is 0. The number of hydrogen-bond donors (Lipinski definition) is 2. The highest BCUT2D eigenvalue weighted by molar-refractivity contribution is 5.90. The molecule has 1 aromatic heterocycles. The number of amides is 1. The quantitative estimate of drug-likeness (QED) is 0.745. The van der Waals surface area contributed by atoms with Gasteiger partial charge in [0.15, 0.2) is 0 Å².